The third kappa shape index (κ3) is 6.03. The van der Waals surface area contributed by atoms with Crippen molar-refractivity contribution in [3.8, 4) is 0 Å². The molecule has 0 aromatic heterocycles. The van der Waals surface area contributed by atoms with Crippen molar-refractivity contribution in [2.45, 2.75) is 104 Å². The Balaban J connectivity index is 0.00000248. The van der Waals surface area contributed by atoms with Gasteiger partial charge in [0.25, 0.3) is 0 Å². The summed E-state index contributed by atoms with van der Waals surface area (Å²) in [6.45, 7) is 17.4. The van der Waals surface area contributed by atoms with Crippen LogP contribution in [0.5, 0.6) is 0 Å². The zero-order chi connectivity index (χ0) is 37.7. The number of carbonyl (C=O) groups excluding carboxylic acids is 4. The molecule has 6 rings (SSSR count). The minimum absolute atomic E-state index is 0.0603. The maximum Gasteiger partial charge on any atom is 0.338 e. The molecule has 0 radical (unpaired) electrons. The maximum atomic E-state index is 15.0. The summed E-state index contributed by atoms with van der Waals surface area (Å²) in [5, 5.41) is 28.0. The van der Waals surface area contributed by atoms with E-state index in [0.717, 1.165) is 5.69 Å². The van der Waals surface area contributed by atoms with Gasteiger partial charge in [0.1, 0.15) is 24.8 Å². The zero-order valence-corrected chi connectivity index (χ0v) is 31.0. The molecule has 2 bridgehead atoms. The van der Waals surface area contributed by atoms with Crippen LogP contribution in [0.15, 0.2) is 71.8 Å². The Morgan fingerprint density at radius 3 is 2.12 bits per heavy atom. The first-order valence-electron chi connectivity index (χ1n) is 17.8. The van der Waals surface area contributed by atoms with E-state index in [-0.39, 0.29) is 18.3 Å². The summed E-state index contributed by atoms with van der Waals surface area (Å²) < 4.78 is 18.2. The summed E-state index contributed by atoms with van der Waals surface area (Å²) in [7, 11) is 0. The topological polar surface area (TPSA) is 148 Å². The van der Waals surface area contributed by atoms with Crippen LogP contribution in [0.25, 0.3) is 0 Å². The summed E-state index contributed by atoms with van der Waals surface area (Å²) in [6, 6.07) is 17.8. The van der Waals surface area contributed by atoms with Crippen molar-refractivity contribution in [1.29, 1.82) is 0 Å². The zero-order valence-electron chi connectivity index (χ0n) is 31.0. The van der Waals surface area contributed by atoms with Gasteiger partial charge in [-0.05, 0) is 54.5 Å². The van der Waals surface area contributed by atoms with Crippen molar-refractivity contribution >= 4 is 30.2 Å². The smallest absolute Gasteiger partial charge is 0.338 e. The molecule has 3 aliphatic carbocycles. The lowest BCUT2D eigenvalue weighted by Gasteiger charge is -2.69. The number of ether oxygens (including phenoxy) is 3. The van der Waals surface area contributed by atoms with Gasteiger partial charge < -0.3 is 34.5 Å². The van der Waals surface area contributed by atoms with Crippen LogP contribution in [0.4, 0.5) is 5.69 Å². The standard InChI is InChI=1S/C40H51NO8.CH2O/c1-22-28(49-36(45)33(43)32(26-15-11-9-12-16-26)41-27-17-13-10-14-18-27)20-40(46)24(3)34-38(7)21-47-29(38)19-30(48-25(4)42)39(34,8)35(44)23(2)31(22)37(40,5)6;1-2/h9-18,23-24,28-30,32-34,41,43,46H,19-21H2,1-8H3;1H2/t23-,24+,28+,29-,30+,32+,33-,34-,38-,39-,40-;/m1./s1. The fourth-order valence-corrected chi connectivity index (χ4v) is 10.5. The molecule has 10 heteroatoms. The second-order valence-corrected chi connectivity index (χ2v) is 15.9. The summed E-state index contributed by atoms with van der Waals surface area (Å²) in [5.41, 5.74) is -1.03. The highest BCUT2D eigenvalue weighted by molar-refractivity contribution is 5.91. The van der Waals surface area contributed by atoms with Crippen LogP contribution in [0.2, 0.25) is 0 Å². The number of anilines is 1. The first-order valence-corrected chi connectivity index (χ1v) is 17.8. The molecule has 51 heavy (non-hydrogen) atoms. The number of nitrogens with one attached hydrogen (secondary N) is 1. The predicted molar refractivity (Wildman–Crippen MR) is 191 cm³/mol. The largest absolute Gasteiger partial charge is 0.461 e. The second kappa shape index (κ2) is 13.9. The molecular weight excluding hydrogens is 650 g/mol. The van der Waals surface area contributed by atoms with Gasteiger partial charge in [-0.1, -0.05) is 83.1 Å². The molecule has 2 aromatic rings. The number of benzene rings is 2. The lowest BCUT2D eigenvalue weighted by atomic mass is 9.40. The molecule has 3 N–H and O–H groups in total. The molecule has 2 saturated carbocycles. The van der Waals surface area contributed by atoms with Crippen LogP contribution in [-0.4, -0.2) is 71.3 Å². The van der Waals surface area contributed by atoms with E-state index in [0.29, 0.717) is 29.7 Å². The predicted octanol–water partition coefficient (Wildman–Crippen LogP) is 5.62. The number of aliphatic hydroxyl groups excluding tert-OH is 1. The maximum absolute atomic E-state index is 15.0. The number of rotatable bonds is 7. The van der Waals surface area contributed by atoms with Gasteiger partial charge >= 0.3 is 11.9 Å². The normalized spacial score (nSPS) is 36.2. The third-order valence-electron chi connectivity index (χ3n) is 12.9. The van der Waals surface area contributed by atoms with E-state index in [9.17, 15) is 19.8 Å². The van der Waals surface area contributed by atoms with E-state index < -0.39 is 75.9 Å². The second-order valence-electron chi connectivity index (χ2n) is 15.9. The molecule has 1 aliphatic heterocycles. The molecule has 1 heterocycles. The molecule has 10 nitrogen and oxygen atoms in total. The molecule has 276 valence electrons. The number of carbonyl (C=O) groups is 4. The van der Waals surface area contributed by atoms with E-state index in [1.165, 1.54) is 6.92 Å². The summed E-state index contributed by atoms with van der Waals surface area (Å²) in [5.74, 6) is -2.93. The Kier molecular flexibility index (Phi) is 10.5. The molecule has 11 atom stereocenters. The van der Waals surface area contributed by atoms with E-state index in [1.807, 2.05) is 109 Å². The van der Waals surface area contributed by atoms with Crippen molar-refractivity contribution in [2.24, 2.45) is 34.0 Å². The van der Waals surface area contributed by atoms with Gasteiger partial charge in [0.2, 0.25) is 0 Å². The molecule has 0 amide bonds. The number of ketones is 1. The fourth-order valence-electron chi connectivity index (χ4n) is 10.5. The highest BCUT2D eigenvalue weighted by atomic mass is 16.6. The molecule has 0 unspecified atom stereocenters. The minimum Gasteiger partial charge on any atom is -0.461 e. The van der Waals surface area contributed by atoms with E-state index in [4.69, 9.17) is 19.0 Å². The fraction of sp³-hybridized carbons (Fsp3) is 0.561. The third-order valence-corrected chi connectivity index (χ3v) is 12.9. The van der Waals surface area contributed by atoms with Crippen molar-refractivity contribution < 1.29 is 43.6 Å². The van der Waals surface area contributed by atoms with Crippen LogP contribution in [-0.2, 0) is 33.4 Å². The van der Waals surface area contributed by atoms with Crippen LogP contribution in [0.1, 0.15) is 79.8 Å². The van der Waals surface area contributed by atoms with Crippen LogP contribution < -0.4 is 5.32 Å². The quantitative estimate of drug-likeness (QED) is 0.245. The highest BCUT2D eigenvalue weighted by Gasteiger charge is 2.73. The molecule has 2 aromatic carbocycles. The Labute approximate surface area is 300 Å². The van der Waals surface area contributed by atoms with E-state index in [1.54, 1.807) is 0 Å². The average Bonchev–Trinajstić information content (AvgIpc) is 3.10. The van der Waals surface area contributed by atoms with E-state index >= 15 is 4.79 Å². The van der Waals surface area contributed by atoms with Gasteiger partial charge in [-0.3, -0.25) is 9.59 Å². The number of hydrogen-bond acceptors (Lipinski definition) is 10. The summed E-state index contributed by atoms with van der Waals surface area (Å²) in [4.78, 5) is 49.3. The number of aliphatic hydroxyl groups is 2. The summed E-state index contributed by atoms with van der Waals surface area (Å²) in [6.07, 6.45) is -2.93. The van der Waals surface area contributed by atoms with Gasteiger partial charge in [0, 0.05) is 42.2 Å². The Hall–Kier alpha value is -3.86. The van der Waals surface area contributed by atoms with Crippen molar-refractivity contribution in [3.63, 3.8) is 0 Å². The molecule has 4 aliphatic rings. The molecule has 3 fully saturated rings. The van der Waals surface area contributed by atoms with Crippen LogP contribution >= 0.6 is 0 Å². The van der Waals surface area contributed by atoms with Gasteiger partial charge in [-0.2, -0.15) is 0 Å². The van der Waals surface area contributed by atoms with Gasteiger partial charge in [-0.25, -0.2) is 4.79 Å². The number of hydrogen-bond donors (Lipinski definition) is 3. The lowest BCUT2D eigenvalue weighted by molar-refractivity contribution is -0.302. The first kappa shape index (κ1) is 38.4. The van der Waals surface area contributed by atoms with Gasteiger partial charge in [0.05, 0.1) is 29.8 Å². The average molecular weight is 704 g/mol. The summed E-state index contributed by atoms with van der Waals surface area (Å²) >= 11 is 0. The first-order chi connectivity index (χ1) is 24.0. The van der Waals surface area contributed by atoms with E-state index in [2.05, 4.69) is 12.2 Å². The van der Waals surface area contributed by atoms with Crippen molar-refractivity contribution in [2.75, 3.05) is 11.9 Å². The van der Waals surface area contributed by atoms with Crippen LogP contribution in [0.3, 0.4) is 0 Å². The Morgan fingerprint density at radius 1 is 0.980 bits per heavy atom. The van der Waals surface area contributed by atoms with Crippen molar-refractivity contribution in [3.05, 3.63) is 77.4 Å². The van der Waals surface area contributed by atoms with Gasteiger partial charge in [-0.15, -0.1) is 0 Å². The van der Waals surface area contributed by atoms with Crippen molar-refractivity contribution in [1.82, 2.24) is 0 Å². The molecule has 1 saturated heterocycles. The monoisotopic (exact) mass is 703 g/mol. The number of fused-ring (bicyclic) bond motifs is 5. The highest BCUT2D eigenvalue weighted by Crippen LogP contribution is 2.68. The Morgan fingerprint density at radius 2 is 1.57 bits per heavy atom. The van der Waals surface area contributed by atoms with Crippen LogP contribution in [0, 0.1) is 34.0 Å². The molecule has 0 spiro atoms. The number of Topliss-reactive ketones (excluding diaryl/α,β-unsaturated/α-hetero) is 1. The SMILES string of the molecule is C=O.CC(=O)O[C@H]1C[C@H]2OC[C@@]2(C)[C@H]2[C@H](C)[C@]3(O)C[C@H](OC(=O)[C@H](O)[C@@H](Nc4ccccc4)c4ccccc4)C(C)=C([C@@H](C)C(=O)[C@]12C)C3(C)C. The number of esters is 2. The lowest BCUT2D eigenvalue weighted by Crippen LogP contribution is -2.74. The molecular formula is C41H53NO9. The minimum atomic E-state index is -1.58. The number of para-hydroxylation sites is 1. The Bertz CT molecular complexity index is 1660. The van der Waals surface area contributed by atoms with Gasteiger partial charge in [0.15, 0.2) is 6.10 Å².